The maximum Gasteiger partial charge on any atom is 0.177 e. The number of aryl methyl sites for hydroxylation is 1. The third-order valence-electron chi connectivity index (χ3n) is 2.73. The van der Waals surface area contributed by atoms with Gasteiger partial charge in [0.15, 0.2) is 17.3 Å². The molecule has 92 valence electrons. The summed E-state index contributed by atoms with van der Waals surface area (Å²) in [6.07, 6.45) is 0. The number of rotatable bonds is 4. The summed E-state index contributed by atoms with van der Waals surface area (Å²) in [6.45, 7) is 6.14. The summed E-state index contributed by atoms with van der Waals surface area (Å²) in [7, 11) is 0. The Morgan fingerprint density at radius 1 is 1.29 bits per heavy atom. The first-order valence-electron chi connectivity index (χ1n) is 5.86. The Balaban J connectivity index is 2.25. The lowest BCUT2D eigenvalue weighted by molar-refractivity contribution is 0.0990. The molecule has 17 heavy (non-hydrogen) atoms. The van der Waals surface area contributed by atoms with Crippen molar-refractivity contribution in [1.82, 2.24) is 5.32 Å². The number of carbonyl (C=O) groups excluding carboxylic acids is 1. The summed E-state index contributed by atoms with van der Waals surface area (Å²) >= 11 is 0. The Hall–Kier alpha value is -1.55. The van der Waals surface area contributed by atoms with Crippen molar-refractivity contribution in [2.24, 2.45) is 0 Å². The van der Waals surface area contributed by atoms with E-state index >= 15 is 0 Å². The number of benzene rings is 1. The number of ketones is 1. The second-order valence-electron chi connectivity index (χ2n) is 4.01. The van der Waals surface area contributed by atoms with Crippen LogP contribution in [0, 0.1) is 6.92 Å². The van der Waals surface area contributed by atoms with Crippen molar-refractivity contribution < 1.29 is 14.3 Å². The van der Waals surface area contributed by atoms with Crippen molar-refractivity contribution in [3.8, 4) is 11.5 Å². The summed E-state index contributed by atoms with van der Waals surface area (Å²) in [4.78, 5) is 12.0. The molecule has 0 bridgehead atoms. The fourth-order valence-electron chi connectivity index (χ4n) is 1.82. The number of nitrogens with one attached hydrogen (secondary N) is 1. The van der Waals surface area contributed by atoms with Crippen LogP contribution in [-0.2, 0) is 0 Å². The van der Waals surface area contributed by atoms with Crippen molar-refractivity contribution in [1.29, 1.82) is 0 Å². The molecule has 0 unspecified atom stereocenters. The molecule has 4 heteroatoms. The number of carbonyl (C=O) groups is 1. The lowest BCUT2D eigenvalue weighted by Crippen LogP contribution is -2.23. The molecule has 1 aliphatic rings. The minimum Gasteiger partial charge on any atom is -0.486 e. The van der Waals surface area contributed by atoms with E-state index in [-0.39, 0.29) is 5.78 Å². The summed E-state index contributed by atoms with van der Waals surface area (Å²) in [5.74, 6) is 1.48. The molecule has 0 aromatic heterocycles. The topological polar surface area (TPSA) is 47.6 Å². The first-order valence-corrected chi connectivity index (χ1v) is 5.86. The molecule has 0 fully saturated rings. The average molecular weight is 235 g/mol. The Morgan fingerprint density at radius 2 is 1.94 bits per heavy atom. The van der Waals surface area contributed by atoms with Crippen LogP contribution in [0.1, 0.15) is 22.8 Å². The third-order valence-corrected chi connectivity index (χ3v) is 2.73. The summed E-state index contributed by atoms with van der Waals surface area (Å²) in [6, 6.07) is 3.65. The number of fused-ring (bicyclic) bond motifs is 1. The monoisotopic (exact) mass is 235 g/mol. The highest BCUT2D eigenvalue weighted by atomic mass is 16.6. The highest BCUT2D eigenvalue weighted by Crippen LogP contribution is 2.33. The van der Waals surface area contributed by atoms with E-state index in [1.165, 1.54) is 0 Å². The Morgan fingerprint density at radius 3 is 2.59 bits per heavy atom. The fraction of sp³-hybridized carbons (Fsp3) is 0.462. The van der Waals surface area contributed by atoms with Crippen molar-refractivity contribution in [3.63, 3.8) is 0 Å². The normalized spacial score (nSPS) is 13.5. The quantitative estimate of drug-likeness (QED) is 0.804. The van der Waals surface area contributed by atoms with Gasteiger partial charge in [0.2, 0.25) is 0 Å². The van der Waals surface area contributed by atoms with Crippen LogP contribution in [0.5, 0.6) is 11.5 Å². The second kappa shape index (κ2) is 5.19. The summed E-state index contributed by atoms with van der Waals surface area (Å²) < 4.78 is 10.9. The molecular formula is C13H17NO3. The number of ether oxygens (including phenoxy) is 2. The zero-order valence-corrected chi connectivity index (χ0v) is 10.2. The molecule has 1 N–H and O–H groups in total. The lowest BCUT2D eigenvalue weighted by atomic mass is 10.0. The molecule has 2 rings (SSSR count). The molecule has 0 radical (unpaired) electrons. The smallest absolute Gasteiger partial charge is 0.177 e. The Labute approximate surface area is 101 Å². The first kappa shape index (κ1) is 11.9. The standard InChI is InChI=1S/C13H17NO3/c1-3-14-8-11(15)10-7-13-12(6-9(10)2)16-4-5-17-13/h6-7,14H,3-5,8H2,1-2H3. The highest BCUT2D eigenvalue weighted by Gasteiger charge is 2.17. The van der Waals surface area contributed by atoms with Crippen molar-refractivity contribution >= 4 is 5.78 Å². The van der Waals surface area contributed by atoms with Crippen LogP contribution >= 0.6 is 0 Å². The van der Waals surface area contributed by atoms with Gasteiger partial charge in [0.05, 0.1) is 6.54 Å². The number of likely N-dealkylation sites (N-methyl/N-ethyl adjacent to an activating group) is 1. The first-order chi connectivity index (χ1) is 8.22. The van der Waals surface area contributed by atoms with E-state index in [0.29, 0.717) is 31.1 Å². The minimum atomic E-state index is 0.0846. The fourth-order valence-corrected chi connectivity index (χ4v) is 1.82. The van der Waals surface area contributed by atoms with E-state index in [1.807, 2.05) is 19.9 Å². The van der Waals surface area contributed by atoms with Gasteiger partial charge in [0.25, 0.3) is 0 Å². The minimum absolute atomic E-state index is 0.0846. The van der Waals surface area contributed by atoms with Gasteiger partial charge in [-0.3, -0.25) is 4.79 Å². The Kier molecular flexibility index (Phi) is 3.64. The van der Waals surface area contributed by atoms with Crippen LogP contribution < -0.4 is 14.8 Å². The molecule has 1 aromatic carbocycles. The van der Waals surface area contributed by atoms with Crippen LogP contribution in [-0.4, -0.2) is 32.1 Å². The maximum absolute atomic E-state index is 12.0. The summed E-state index contributed by atoms with van der Waals surface area (Å²) in [5, 5.41) is 3.03. The lowest BCUT2D eigenvalue weighted by Gasteiger charge is -2.20. The van der Waals surface area contributed by atoms with Gasteiger partial charge in [0, 0.05) is 5.56 Å². The van der Waals surface area contributed by atoms with Gasteiger partial charge in [-0.1, -0.05) is 6.92 Å². The molecule has 0 aliphatic carbocycles. The molecule has 4 nitrogen and oxygen atoms in total. The molecule has 1 aliphatic heterocycles. The number of hydrogen-bond donors (Lipinski definition) is 1. The molecular weight excluding hydrogens is 218 g/mol. The Bertz CT molecular complexity index is 429. The molecule has 1 heterocycles. The number of Topliss-reactive ketones (excluding diaryl/α,β-unsaturated/α-hetero) is 1. The van der Waals surface area contributed by atoms with E-state index in [1.54, 1.807) is 6.07 Å². The molecule has 0 atom stereocenters. The average Bonchev–Trinajstić information content (AvgIpc) is 2.35. The predicted octanol–water partition coefficient (Wildman–Crippen LogP) is 1.56. The SMILES string of the molecule is CCNCC(=O)c1cc2c(cc1C)OCCO2. The number of hydrogen-bond acceptors (Lipinski definition) is 4. The van der Waals surface area contributed by atoms with E-state index in [2.05, 4.69) is 5.32 Å². The van der Waals surface area contributed by atoms with E-state index in [4.69, 9.17) is 9.47 Å². The van der Waals surface area contributed by atoms with Crippen molar-refractivity contribution in [2.75, 3.05) is 26.3 Å². The van der Waals surface area contributed by atoms with Crippen LogP contribution in [0.15, 0.2) is 12.1 Å². The molecule has 0 saturated heterocycles. The van der Waals surface area contributed by atoms with Gasteiger partial charge >= 0.3 is 0 Å². The van der Waals surface area contributed by atoms with Crippen molar-refractivity contribution in [3.05, 3.63) is 23.3 Å². The van der Waals surface area contributed by atoms with Crippen LogP contribution in [0.25, 0.3) is 0 Å². The highest BCUT2D eigenvalue weighted by molar-refractivity contribution is 5.99. The van der Waals surface area contributed by atoms with Gasteiger partial charge in [-0.25, -0.2) is 0 Å². The molecule has 0 amide bonds. The second-order valence-corrected chi connectivity index (χ2v) is 4.01. The van der Waals surface area contributed by atoms with Gasteiger partial charge in [-0.15, -0.1) is 0 Å². The predicted molar refractivity (Wildman–Crippen MR) is 65.0 cm³/mol. The zero-order valence-electron chi connectivity index (χ0n) is 10.2. The summed E-state index contributed by atoms with van der Waals surface area (Å²) in [5.41, 5.74) is 1.63. The van der Waals surface area contributed by atoms with Crippen molar-refractivity contribution in [2.45, 2.75) is 13.8 Å². The van der Waals surface area contributed by atoms with Crippen LogP contribution in [0.2, 0.25) is 0 Å². The third kappa shape index (κ3) is 2.58. The van der Waals surface area contributed by atoms with Gasteiger partial charge in [-0.2, -0.15) is 0 Å². The molecule has 1 aromatic rings. The van der Waals surface area contributed by atoms with Crippen LogP contribution in [0.3, 0.4) is 0 Å². The van der Waals surface area contributed by atoms with E-state index < -0.39 is 0 Å². The maximum atomic E-state index is 12.0. The van der Waals surface area contributed by atoms with Gasteiger partial charge in [0.1, 0.15) is 13.2 Å². The van der Waals surface area contributed by atoms with Gasteiger partial charge < -0.3 is 14.8 Å². The van der Waals surface area contributed by atoms with E-state index in [0.717, 1.165) is 17.9 Å². The van der Waals surface area contributed by atoms with Crippen LogP contribution in [0.4, 0.5) is 0 Å². The zero-order chi connectivity index (χ0) is 12.3. The molecule has 0 spiro atoms. The van der Waals surface area contributed by atoms with E-state index in [9.17, 15) is 4.79 Å². The van der Waals surface area contributed by atoms with Gasteiger partial charge in [-0.05, 0) is 31.2 Å². The molecule has 0 saturated carbocycles. The largest absolute Gasteiger partial charge is 0.486 e.